The van der Waals surface area contributed by atoms with E-state index < -0.39 is 0 Å². The van der Waals surface area contributed by atoms with Crippen LogP contribution >= 0.6 is 31.9 Å². The number of rotatable bonds is 6. The molecule has 0 saturated carbocycles. The molecule has 1 rings (SSSR count). The summed E-state index contributed by atoms with van der Waals surface area (Å²) in [7, 11) is 0. The molecule has 16 heavy (non-hydrogen) atoms. The number of halogens is 2. The average molecular weight is 348 g/mol. The molecule has 0 aromatic heterocycles. The van der Waals surface area contributed by atoms with Gasteiger partial charge in [0.15, 0.2) is 0 Å². The first kappa shape index (κ1) is 14.2. The van der Waals surface area contributed by atoms with Crippen LogP contribution in [-0.2, 0) is 0 Å². The van der Waals surface area contributed by atoms with Crippen LogP contribution in [0.15, 0.2) is 27.1 Å². The molecule has 0 fully saturated rings. The zero-order chi connectivity index (χ0) is 12.0. The van der Waals surface area contributed by atoms with Crippen molar-refractivity contribution in [1.29, 1.82) is 0 Å². The van der Waals surface area contributed by atoms with Crippen molar-refractivity contribution in [3.63, 3.8) is 0 Å². The first-order valence-electron chi connectivity index (χ1n) is 6.10. The quantitative estimate of drug-likeness (QED) is 0.531. The summed E-state index contributed by atoms with van der Waals surface area (Å²) >= 11 is 7.07. The van der Waals surface area contributed by atoms with Gasteiger partial charge in [-0.05, 0) is 61.9 Å². The predicted molar refractivity (Wildman–Crippen MR) is 79.0 cm³/mol. The molecule has 1 aromatic rings. The fraction of sp³-hybridized carbons (Fsp3) is 0.571. The van der Waals surface area contributed by atoms with E-state index in [4.69, 9.17) is 0 Å². The van der Waals surface area contributed by atoms with E-state index in [1.807, 2.05) is 0 Å². The molecule has 2 heteroatoms. The Morgan fingerprint density at radius 3 is 2.44 bits per heavy atom. The largest absolute Gasteiger partial charge is 0.0654 e. The maximum atomic E-state index is 3.56. The summed E-state index contributed by atoms with van der Waals surface area (Å²) in [6, 6.07) is 6.58. The van der Waals surface area contributed by atoms with Crippen LogP contribution in [0.4, 0.5) is 0 Å². The predicted octanol–water partition coefficient (Wildman–Crippen LogP) is 6.29. The van der Waals surface area contributed by atoms with Crippen LogP contribution in [0.25, 0.3) is 0 Å². The van der Waals surface area contributed by atoms with Gasteiger partial charge in [0, 0.05) is 8.95 Å². The van der Waals surface area contributed by atoms with Gasteiger partial charge in [0.25, 0.3) is 0 Å². The molecule has 0 bridgehead atoms. The van der Waals surface area contributed by atoms with E-state index in [1.54, 1.807) is 0 Å². The molecule has 0 nitrogen and oxygen atoms in total. The molecule has 1 aromatic carbocycles. The second-order valence-electron chi connectivity index (χ2n) is 4.42. The summed E-state index contributed by atoms with van der Waals surface area (Å²) < 4.78 is 2.29. The smallest absolute Gasteiger partial charge is 0.0320 e. The van der Waals surface area contributed by atoms with Crippen molar-refractivity contribution in [3.8, 4) is 0 Å². The van der Waals surface area contributed by atoms with E-state index in [1.165, 1.54) is 37.7 Å². The summed E-state index contributed by atoms with van der Waals surface area (Å²) in [4.78, 5) is 0. The van der Waals surface area contributed by atoms with Gasteiger partial charge in [-0.2, -0.15) is 0 Å². The lowest BCUT2D eigenvalue weighted by molar-refractivity contribution is 0.580. The van der Waals surface area contributed by atoms with E-state index in [-0.39, 0.29) is 0 Å². The molecule has 1 atom stereocenters. The Kier molecular flexibility index (Phi) is 6.67. The lowest BCUT2D eigenvalue weighted by Gasteiger charge is -2.12. The maximum absolute atomic E-state index is 3.56. The second kappa shape index (κ2) is 7.50. The zero-order valence-electron chi connectivity index (χ0n) is 10.1. The summed E-state index contributed by atoms with van der Waals surface area (Å²) in [5.41, 5.74) is 1.44. The molecule has 0 heterocycles. The van der Waals surface area contributed by atoms with Crippen molar-refractivity contribution in [2.24, 2.45) is 0 Å². The summed E-state index contributed by atoms with van der Waals surface area (Å²) in [6.45, 7) is 4.58. The molecule has 0 amide bonds. The van der Waals surface area contributed by atoms with Gasteiger partial charge in [0.1, 0.15) is 0 Å². The van der Waals surface area contributed by atoms with Gasteiger partial charge in [-0.1, -0.05) is 45.6 Å². The number of hydrogen-bond acceptors (Lipinski definition) is 0. The third-order valence-electron chi connectivity index (χ3n) is 3.00. The van der Waals surface area contributed by atoms with Crippen molar-refractivity contribution in [3.05, 3.63) is 32.7 Å². The molecule has 1 unspecified atom stereocenters. The standard InChI is InChI=1S/C14H20Br2/c1-3-4-5-6-7-11(2)12-8-9-13(15)14(16)10-12/h8-11H,3-7H2,1-2H3. The number of benzene rings is 1. The monoisotopic (exact) mass is 346 g/mol. The third-order valence-corrected chi connectivity index (χ3v) is 4.88. The Morgan fingerprint density at radius 2 is 1.81 bits per heavy atom. The molecular formula is C14H20Br2. The molecular weight excluding hydrogens is 328 g/mol. The van der Waals surface area contributed by atoms with E-state index in [2.05, 4.69) is 63.9 Å². The van der Waals surface area contributed by atoms with Gasteiger partial charge >= 0.3 is 0 Å². The first-order valence-corrected chi connectivity index (χ1v) is 7.68. The summed E-state index contributed by atoms with van der Waals surface area (Å²) in [5, 5.41) is 0. The minimum atomic E-state index is 0.668. The number of unbranched alkanes of at least 4 members (excludes halogenated alkanes) is 3. The van der Waals surface area contributed by atoms with Gasteiger partial charge in [-0.15, -0.1) is 0 Å². The summed E-state index contributed by atoms with van der Waals surface area (Å²) in [6.07, 6.45) is 6.71. The molecule has 0 saturated heterocycles. The van der Waals surface area contributed by atoms with Crippen molar-refractivity contribution in [2.75, 3.05) is 0 Å². The SMILES string of the molecule is CCCCCCC(C)c1ccc(Br)c(Br)c1. The molecule has 0 radical (unpaired) electrons. The Bertz CT molecular complexity index is 321. The minimum Gasteiger partial charge on any atom is -0.0654 e. The Balaban J connectivity index is 2.46. The van der Waals surface area contributed by atoms with Crippen LogP contribution in [0.3, 0.4) is 0 Å². The summed E-state index contributed by atoms with van der Waals surface area (Å²) in [5.74, 6) is 0.668. The van der Waals surface area contributed by atoms with E-state index in [0.29, 0.717) is 5.92 Å². The van der Waals surface area contributed by atoms with Crippen LogP contribution < -0.4 is 0 Å². The van der Waals surface area contributed by atoms with Gasteiger partial charge < -0.3 is 0 Å². The van der Waals surface area contributed by atoms with E-state index in [9.17, 15) is 0 Å². The lowest BCUT2D eigenvalue weighted by atomic mass is 9.95. The maximum Gasteiger partial charge on any atom is 0.0320 e. The Labute approximate surface area is 116 Å². The van der Waals surface area contributed by atoms with Gasteiger partial charge in [0.2, 0.25) is 0 Å². The van der Waals surface area contributed by atoms with Gasteiger partial charge in [0.05, 0.1) is 0 Å². The lowest BCUT2D eigenvalue weighted by Crippen LogP contribution is -1.94. The zero-order valence-corrected chi connectivity index (χ0v) is 13.3. The van der Waals surface area contributed by atoms with Crippen LogP contribution in [0.5, 0.6) is 0 Å². The van der Waals surface area contributed by atoms with Crippen molar-refractivity contribution >= 4 is 31.9 Å². The highest BCUT2D eigenvalue weighted by molar-refractivity contribution is 9.13. The van der Waals surface area contributed by atoms with Crippen molar-refractivity contribution < 1.29 is 0 Å². The van der Waals surface area contributed by atoms with Gasteiger partial charge in [-0.25, -0.2) is 0 Å². The highest BCUT2D eigenvalue weighted by Gasteiger charge is 2.06. The normalized spacial score (nSPS) is 12.8. The highest BCUT2D eigenvalue weighted by atomic mass is 79.9. The second-order valence-corrected chi connectivity index (χ2v) is 6.13. The molecule has 0 aliphatic heterocycles. The number of hydrogen-bond donors (Lipinski definition) is 0. The molecule has 0 aliphatic rings. The molecule has 90 valence electrons. The van der Waals surface area contributed by atoms with E-state index >= 15 is 0 Å². The fourth-order valence-corrected chi connectivity index (χ4v) is 2.51. The van der Waals surface area contributed by atoms with Gasteiger partial charge in [-0.3, -0.25) is 0 Å². The minimum absolute atomic E-state index is 0.668. The van der Waals surface area contributed by atoms with Crippen LogP contribution in [0, 0.1) is 0 Å². The van der Waals surface area contributed by atoms with Crippen LogP contribution in [0.1, 0.15) is 57.4 Å². The van der Waals surface area contributed by atoms with E-state index in [0.717, 1.165) is 8.95 Å². The molecule has 0 N–H and O–H groups in total. The van der Waals surface area contributed by atoms with Crippen molar-refractivity contribution in [2.45, 2.75) is 51.9 Å². The molecule has 0 spiro atoms. The molecule has 0 aliphatic carbocycles. The highest BCUT2D eigenvalue weighted by Crippen LogP contribution is 2.29. The Morgan fingerprint density at radius 1 is 1.06 bits per heavy atom. The first-order chi connectivity index (χ1) is 7.65. The fourth-order valence-electron chi connectivity index (χ4n) is 1.86. The topological polar surface area (TPSA) is 0 Å². The van der Waals surface area contributed by atoms with Crippen LogP contribution in [0.2, 0.25) is 0 Å². The average Bonchev–Trinajstić information content (AvgIpc) is 2.28. The Hall–Kier alpha value is 0.180. The van der Waals surface area contributed by atoms with Crippen LogP contribution in [-0.4, -0.2) is 0 Å². The third kappa shape index (κ3) is 4.58. The van der Waals surface area contributed by atoms with Crippen molar-refractivity contribution in [1.82, 2.24) is 0 Å².